The van der Waals surface area contributed by atoms with Crippen LogP contribution in [0.1, 0.15) is 24.8 Å². The lowest BCUT2D eigenvalue weighted by molar-refractivity contribution is 0.288. The number of hydrogen-bond donors (Lipinski definition) is 1. The highest BCUT2D eigenvalue weighted by Gasteiger charge is 2.17. The monoisotopic (exact) mass is 340 g/mol. The number of pyridine rings is 1. The molecule has 2 rings (SSSR count). The third-order valence-electron chi connectivity index (χ3n) is 3.77. The molecule has 2 heterocycles. The van der Waals surface area contributed by atoms with Gasteiger partial charge in [-0.2, -0.15) is 0 Å². The standard InChI is InChI=1S/C15H25BrN4/c1-13-11-14(16)15(18-12-13)20-8-4-7-19(9-10-20)6-3-2-5-17/h11-12H,2-10,17H2,1H3. The fourth-order valence-corrected chi connectivity index (χ4v) is 3.36. The molecule has 5 heteroatoms. The Bertz CT molecular complexity index is 424. The molecule has 0 aliphatic carbocycles. The summed E-state index contributed by atoms with van der Waals surface area (Å²) in [7, 11) is 0. The summed E-state index contributed by atoms with van der Waals surface area (Å²) in [6, 6.07) is 2.15. The van der Waals surface area contributed by atoms with Gasteiger partial charge in [0.1, 0.15) is 5.82 Å². The molecule has 1 aliphatic rings. The molecular formula is C15H25BrN4. The number of anilines is 1. The van der Waals surface area contributed by atoms with E-state index in [1.165, 1.54) is 31.5 Å². The third-order valence-corrected chi connectivity index (χ3v) is 4.36. The minimum absolute atomic E-state index is 0.806. The quantitative estimate of drug-likeness (QED) is 0.836. The zero-order valence-corrected chi connectivity index (χ0v) is 13.9. The molecule has 1 saturated heterocycles. The van der Waals surface area contributed by atoms with Crippen LogP contribution < -0.4 is 10.6 Å². The predicted octanol–water partition coefficient (Wildman–Crippen LogP) is 2.40. The van der Waals surface area contributed by atoms with Gasteiger partial charge in [-0.1, -0.05) is 0 Å². The number of unbranched alkanes of at least 4 members (excludes halogenated alkanes) is 1. The Kier molecular flexibility index (Phi) is 6.26. The maximum absolute atomic E-state index is 5.56. The first-order chi connectivity index (χ1) is 9.70. The average molecular weight is 341 g/mol. The van der Waals surface area contributed by atoms with E-state index in [2.05, 4.69) is 43.7 Å². The molecule has 4 nitrogen and oxygen atoms in total. The van der Waals surface area contributed by atoms with Crippen LogP contribution in [0, 0.1) is 6.92 Å². The summed E-state index contributed by atoms with van der Waals surface area (Å²) in [4.78, 5) is 9.54. The Morgan fingerprint density at radius 3 is 2.85 bits per heavy atom. The van der Waals surface area contributed by atoms with Crippen LogP contribution in [0.4, 0.5) is 5.82 Å². The Morgan fingerprint density at radius 1 is 1.25 bits per heavy atom. The van der Waals surface area contributed by atoms with Gasteiger partial charge in [-0.05, 0) is 73.4 Å². The van der Waals surface area contributed by atoms with Crippen molar-refractivity contribution in [2.24, 2.45) is 5.73 Å². The maximum Gasteiger partial charge on any atom is 0.142 e. The number of aryl methyl sites for hydroxylation is 1. The van der Waals surface area contributed by atoms with Gasteiger partial charge in [-0.15, -0.1) is 0 Å². The molecule has 0 amide bonds. The summed E-state index contributed by atoms with van der Waals surface area (Å²) in [5.74, 6) is 1.08. The number of halogens is 1. The number of rotatable bonds is 5. The molecule has 0 spiro atoms. The van der Waals surface area contributed by atoms with Crippen molar-refractivity contribution in [3.63, 3.8) is 0 Å². The molecule has 0 atom stereocenters. The molecule has 0 unspecified atom stereocenters. The lowest BCUT2D eigenvalue weighted by Gasteiger charge is -2.23. The highest BCUT2D eigenvalue weighted by atomic mass is 79.9. The average Bonchev–Trinajstić information content (AvgIpc) is 2.65. The number of aromatic nitrogens is 1. The van der Waals surface area contributed by atoms with Gasteiger partial charge in [0.25, 0.3) is 0 Å². The van der Waals surface area contributed by atoms with E-state index in [-0.39, 0.29) is 0 Å². The number of hydrogen-bond acceptors (Lipinski definition) is 4. The first-order valence-electron chi connectivity index (χ1n) is 7.50. The Labute approximate surface area is 130 Å². The van der Waals surface area contributed by atoms with Crippen molar-refractivity contribution in [3.05, 3.63) is 22.3 Å². The minimum atomic E-state index is 0.806. The van der Waals surface area contributed by atoms with Crippen molar-refractivity contribution in [1.82, 2.24) is 9.88 Å². The van der Waals surface area contributed by atoms with Crippen LogP contribution in [-0.4, -0.2) is 49.2 Å². The molecule has 2 N–H and O–H groups in total. The summed E-state index contributed by atoms with van der Waals surface area (Å²) in [6.45, 7) is 8.49. The highest BCUT2D eigenvalue weighted by molar-refractivity contribution is 9.10. The van der Waals surface area contributed by atoms with Crippen molar-refractivity contribution in [2.45, 2.75) is 26.2 Å². The summed E-state index contributed by atoms with van der Waals surface area (Å²) >= 11 is 3.64. The van der Waals surface area contributed by atoms with Gasteiger partial charge in [0.05, 0.1) is 4.47 Å². The third kappa shape index (κ3) is 4.43. The molecule has 112 valence electrons. The van der Waals surface area contributed by atoms with Gasteiger partial charge in [0.15, 0.2) is 0 Å². The Balaban J connectivity index is 1.92. The molecule has 1 aromatic heterocycles. The van der Waals surface area contributed by atoms with Crippen LogP contribution in [0.15, 0.2) is 16.7 Å². The van der Waals surface area contributed by atoms with E-state index >= 15 is 0 Å². The van der Waals surface area contributed by atoms with Gasteiger partial charge in [0.2, 0.25) is 0 Å². The van der Waals surface area contributed by atoms with Gasteiger partial charge in [-0.3, -0.25) is 0 Å². The van der Waals surface area contributed by atoms with E-state index < -0.39 is 0 Å². The van der Waals surface area contributed by atoms with Crippen LogP contribution in [0.5, 0.6) is 0 Å². The van der Waals surface area contributed by atoms with Crippen LogP contribution in [0.25, 0.3) is 0 Å². The second kappa shape index (κ2) is 7.96. The molecule has 20 heavy (non-hydrogen) atoms. The van der Waals surface area contributed by atoms with Crippen LogP contribution in [0.3, 0.4) is 0 Å². The van der Waals surface area contributed by atoms with Crippen molar-refractivity contribution in [1.29, 1.82) is 0 Å². The molecule has 1 fully saturated rings. The van der Waals surface area contributed by atoms with E-state index in [1.54, 1.807) is 0 Å². The zero-order chi connectivity index (χ0) is 14.4. The van der Waals surface area contributed by atoms with Crippen molar-refractivity contribution < 1.29 is 0 Å². The lowest BCUT2D eigenvalue weighted by Crippen LogP contribution is -2.32. The van der Waals surface area contributed by atoms with Crippen LogP contribution >= 0.6 is 15.9 Å². The molecule has 1 aliphatic heterocycles. The minimum Gasteiger partial charge on any atom is -0.354 e. The van der Waals surface area contributed by atoms with Crippen LogP contribution in [0.2, 0.25) is 0 Å². The van der Waals surface area contributed by atoms with E-state index in [0.29, 0.717) is 0 Å². The maximum atomic E-state index is 5.56. The number of nitrogens with two attached hydrogens (primary N) is 1. The van der Waals surface area contributed by atoms with Crippen molar-refractivity contribution in [3.8, 4) is 0 Å². The second-order valence-electron chi connectivity index (χ2n) is 5.50. The van der Waals surface area contributed by atoms with E-state index in [1.807, 2.05) is 6.20 Å². The largest absolute Gasteiger partial charge is 0.354 e. The first kappa shape index (κ1) is 15.7. The first-order valence-corrected chi connectivity index (χ1v) is 8.29. The van der Waals surface area contributed by atoms with Crippen molar-refractivity contribution >= 4 is 21.7 Å². The Hall–Kier alpha value is -0.650. The van der Waals surface area contributed by atoms with Gasteiger partial charge in [0, 0.05) is 25.8 Å². The molecule has 0 bridgehead atoms. The van der Waals surface area contributed by atoms with E-state index in [9.17, 15) is 0 Å². The molecule has 0 aromatic carbocycles. The number of nitrogens with zero attached hydrogens (tertiary/aromatic N) is 3. The van der Waals surface area contributed by atoms with Gasteiger partial charge >= 0.3 is 0 Å². The van der Waals surface area contributed by atoms with E-state index in [4.69, 9.17) is 5.73 Å². The van der Waals surface area contributed by atoms with E-state index in [0.717, 1.165) is 42.9 Å². The Morgan fingerprint density at radius 2 is 2.10 bits per heavy atom. The topological polar surface area (TPSA) is 45.4 Å². The van der Waals surface area contributed by atoms with Crippen LogP contribution in [-0.2, 0) is 0 Å². The van der Waals surface area contributed by atoms with Gasteiger partial charge in [-0.25, -0.2) is 4.98 Å². The fraction of sp³-hybridized carbons (Fsp3) is 0.667. The fourth-order valence-electron chi connectivity index (χ4n) is 2.65. The smallest absolute Gasteiger partial charge is 0.142 e. The molecule has 0 saturated carbocycles. The normalized spacial score (nSPS) is 17.2. The summed E-state index contributed by atoms with van der Waals surface area (Å²) in [5.41, 5.74) is 6.76. The predicted molar refractivity (Wildman–Crippen MR) is 88.2 cm³/mol. The molecule has 0 radical (unpaired) electrons. The summed E-state index contributed by atoms with van der Waals surface area (Å²) < 4.78 is 1.11. The van der Waals surface area contributed by atoms with Gasteiger partial charge < -0.3 is 15.5 Å². The van der Waals surface area contributed by atoms with Crippen molar-refractivity contribution in [2.75, 3.05) is 44.2 Å². The lowest BCUT2D eigenvalue weighted by atomic mass is 10.3. The highest BCUT2D eigenvalue weighted by Crippen LogP contribution is 2.25. The zero-order valence-electron chi connectivity index (χ0n) is 12.3. The SMILES string of the molecule is Cc1cnc(N2CCCN(CCCCN)CC2)c(Br)c1. The second-order valence-corrected chi connectivity index (χ2v) is 6.35. The summed E-state index contributed by atoms with van der Waals surface area (Å²) in [5, 5.41) is 0. The molecular weight excluding hydrogens is 316 g/mol. The summed E-state index contributed by atoms with van der Waals surface area (Å²) in [6.07, 6.45) is 5.49. The molecule has 1 aromatic rings.